The minimum absolute atomic E-state index is 0.404. The van der Waals surface area contributed by atoms with Crippen LogP contribution in [0.2, 0.25) is 0 Å². The molecule has 1 aliphatic heterocycles. The van der Waals surface area contributed by atoms with Crippen LogP contribution in [0.1, 0.15) is 11.1 Å². The summed E-state index contributed by atoms with van der Waals surface area (Å²) in [6.07, 6.45) is 1.15. The van der Waals surface area contributed by atoms with E-state index in [1.165, 1.54) is 16.9 Å². The molecule has 0 bridgehead atoms. The van der Waals surface area contributed by atoms with Crippen LogP contribution in [0.3, 0.4) is 0 Å². The summed E-state index contributed by atoms with van der Waals surface area (Å²) in [5.74, 6) is 3.05. The van der Waals surface area contributed by atoms with E-state index < -0.39 is 0 Å². The van der Waals surface area contributed by atoms with E-state index in [0.29, 0.717) is 12.0 Å². The van der Waals surface area contributed by atoms with Crippen molar-refractivity contribution in [3.63, 3.8) is 0 Å². The Hall–Kier alpha value is -0.470. The monoisotopic (exact) mass is 207 g/mol. The van der Waals surface area contributed by atoms with E-state index in [9.17, 15) is 0 Å². The SMILES string of the molecule is Cc1ccc(CC2CSCC2N)cc1. The molecule has 1 fully saturated rings. The molecule has 0 amide bonds. The molecule has 0 radical (unpaired) electrons. The van der Waals surface area contributed by atoms with Gasteiger partial charge in [0.1, 0.15) is 0 Å². The first-order valence-corrected chi connectivity index (χ1v) is 6.30. The van der Waals surface area contributed by atoms with Crippen LogP contribution in [0, 0.1) is 12.8 Å². The second-order valence-electron chi connectivity index (χ2n) is 4.15. The summed E-state index contributed by atoms with van der Waals surface area (Å²) in [6.45, 7) is 2.13. The molecule has 2 atom stereocenters. The van der Waals surface area contributed by atoms with Crippen molar-refractivity contribution in [1.29, 1.82) is 0 Å². The van der Waals surface area contributed by atoms with Crippen molar-refractivity contribution < 1.29 is 0 Å². The molecule has 76 valence electrons. The van der Waals surface area contributed by atoms with E-state index in [4.69, 9.17) is 5.73 Å². The summed E-state index contributed by atoms with van der Waals surface area (Å²) in [5.41, 5.74) is 8.80. The number of rotatable bonds is 2. The fourth-order valence-corrected chi connectivity index (χ4v) is 3.20. The third kappa shape index (κ3) is 2.31. The first-order chi connectivity index (χ1) is 6.75. The second kappa shape index (κ2) is 4.37. The van der Waals surface area contributed by atoms with Crippen molar-refractivity contribution in [3.05, 3.63) is 35.4 Å². The number of hydrogen-bond acceptors (Lipinski definition) is 2. The fraction of sp³-hybridized carbons (Fsp3) is 0.500. The topological polar surface area (TPSA) is 26.0 Å². The zero-order valence-electron chi connectivity index (χ0n) is 8.57. The lowest BCUT2D eigenvalue weighted by atomic mass is 9.95. The summed E-state index contributed by atoms with van der Waals surface area (Å²) in [5, 5.41) is 0. The highest BCUT2D eigenvalue weighted by molar-refractivity contribution is 7.99. The highest BCUT2D eigenvalue weighted by Crippen LogP contribution is 2.25. The first kappa shape index (κ1) is 10.1. The van der Waals surface area contributed by atoms with Gasteiger partial charge in [-0.15, -0.1) is 0 Å². The molecule has 1 aromatic rings. The highest BCUT2D eigenvalue weighted by atomic mass is 32.2. The smallest absolute Gasteiger partial charge is 0.0170 e. The standard InChI is InChI=1S/C12H17NS/c1-9-2-4-10(5-3-9)6-11-7-14-8-12(11)13/h2-5,11-12H,6-8,13H2,1H3. The van der Waals surface area contributed by atoms with Gasteiger partial charge in [0.25, 0.3) is 0 Å². The van der Waals surface area contributed by atoms with Crippen molar-refractivity contribution in [2.75, 3.05) is 11.5 Å². The van der Waals surface area contributed by atoms with Gasteiger partial charge in [-0.2, -0.15) is 11.8 Å². The molecular formula is C12H17NS. The maximum Gasteiger partial charge on any atom is 0.0170 e. The zero-order chi connectivity index (χ0) is 9.97. The predicted molar refractivity (Wildman–Crippen MR) is 63.7 cm³/mol. The second-order valence-corrected chi connectivity index (χ2v) is 5.23. The molecule has 14 heavy (non-hydrogen) atoms. The number of nitrogens with two attached hydrogens (primary N) is 1. The molecular weight excluding hydrogens is 190 g/mol. The number of aryl methyl sites for hydroxylation is 1. The first-order valence-electron chi connectivity index (χ1n) is 5.14. The maximum absolute atomic E-state index is 6.04. The Morgan fingerprint density at radius 1 is 1.29 bits per heavy atom. The van der Waals surface area contributed by atoms with Crippen molar-refractivity contribution >= 4 is 11.8 Å². The Morgan fingerprint density at radius 2 is 2.00 bits per heavy atom. The summed E-state index contributed by atoms with van der Waals surface area (Å²) >= 11 is 1.99. The van der Waals surface area contributed by atoms with Crippen LogP contribution < -0.4 is 5.73 Å². The van der Waals surface area contributed by atoms with E-state index in [1.807, 2.05) is 11.8 Å². The van der Waals surface area contributed by atoms with Gasteiger partial charge in [-0.05, 0) is 30.6 Å². The van der Waals surface area contributed by atoms with Gasteiger partial charge in [0.15, 0.2) is 0 Å². The van der Waals surface area contributed by atoms with Crippen LogP contribution in [0.4, 0.5) is 0 Å². The van der Waals surface area contributed by atoms with E-state index in [-0.39, 0.29) is 0 Å². The van der Waals surface area contributed by atoms with Gasteiger partial charge in [0, 0.05) is 11.8 Å². The Kier molecular flexibility index (Phi) is 3.14. The molecule has 0 aromatic heterocycles. The van der Waals surface area contributed by atoms with Gasteiger partial charge in [-0.3, -0.25) is 0 Å². The van der Waals surface area contributed by atoms with Gasteiger partial charge in [0.2, 0.25) is 0 Å². The Labute approximate surface area is 90.1 Å². The number of benzene rings is 1. The van der Waals surface area contributed by atoms with Crippen molar-refractivity contribution in [2.45, 2.75) is 19.4 Å². The summed E-state index contributed by atoms with van der Waals surface area (Å²) in [4.78, 5) is 0. The van der Waals surface area contributed by atoms with Crippen LogP contribution >= 0.6 is 11.8 Å². The third-order valence-corrected chi connectivity index (χ3v) is 4.15. The minimum Gasteiger partial charge on any atom is -0.327 e. The van der Waals surface area contributed by atoms with Gasteiger partial charge < -0.3 is 5.73 Å². The molecule has 2 heteroatoms. The lowest BCUT2D eigenvalue weighted by Gasteiger charge is -2.14. The van der Waals surface area contributed by atoms with E-state index in [2.05, 4.69) is 31.2 Å². The Bertz CT molecular complexity index is 294. The summed E-state index contributed by atoms with van der Waals surface area (Å²) in [6, 6.07) is 9.23. The molecule has 0 aliphatic carbocycles. The van der Waals surface area contributed by atoms with Crippen molar-refractivity contribution in [1.82, 2.24) is 0 Å². The normalized spacial score (nSPS) is 26.7. The molecule has 1 saturated heterocycles. The molecule has 0 spiro atoms. The van der Waals surface area contributed by atoms with Gasteiger partial charge in [-0.1, -0.05) is 29.8 Å². The van der Waals surface area contributed by atoms with Crippen molar-refractivity contribution in [2.24, 2.45) is 11.7 Å². The molecule has 0 saturated carbocycles. The number of thioether (sulfide) groups is 1. The largest absolute Gasteiger partial charge is 0.327 e. The van der Waals surface area contributed by atoms with Crippen LogP contribution in [-0.2, 0) is 6.42 Å². The van der Waals surface area contributed by atoms with Crippen LogP contribution in [-0.4, -0.2) is 17.5 Å². The maximum atomic E-state index is 6.04. The average molecular weight is 207 g/mol. The van der Waals surface area contributed by atoms with Crippen molar-refractivity contribution in [3.8, 4) is 0 Å². The molecule has 2 N–H and O–H groups in total. The van der Waals surface area contributed by atoms with Gasteiger partial charge in [-0.25, -0.2) is 0 Å². The highest BCUT2D eigenvalue weighted by Gasteiger charge is 2.24. The predicted octanol–water partition coefficient (Wildman–Crippen LogP) is 2.23. The number of hydrogen-bond donors (Lipinski definition) is 1. The van der Waals surface area contributed by atoms with Gasteiger partial charge >= 0.3 is 0 Å². The average Bonchev–Trinajstić information content (AvgIpc) is 2.56. The fourth-order valence-electron chi connectivity index (χ4n) is 1.85. The quantitative estimate of drug-likeness (QED) is 0.805. The Morgan fingerprint density at radius 3 is 2.57 bits per heavy atom. The zero-order valence-corrected chi connectivity index (χ0v) is 9.39. The molecule has 1 heterocycles. The lowest BCUT2D eigenvalue weighted by Crippen LogP contribution is -2.29. The van der Waals surface area contributed by atoms with E-state index in [1.54, 1.807) is 0 Å². The molecule has 1 nitrogen and oxygen atoms in total. The van der Waals surface area contributed by atoms with E-state index >= 15 is 0 Å². The van der Waals surface area contributed by atoms with Crippen LogP contribution in [0.15, 0.2) is 24.3 Å². The summed E-state index contributed by atoms with van der Waals surface area (Å²) in [7, 11) is 0. The van der Waals surface area contributed by atoms with Crippen LogP contribution in [0.25, 0.3) is 0 Å². The molecule has 1 aliphatic rings. The third-order valence-electron chi connectivity index (χ3n) is 2.87. The Balaban J connectivity index is 2.00. The van der Waals surface area contributed by atoms with Gasteiger partial charge in [0.05, 0.1) is 0 Å². The lowest BCUT2D eigenvalue weighted by molar-refractivity contribution is 0.515. The molecule has 2 rings (SSSR count). The molecule has 2 unspecified atom stereocenters. The molecule has 1 aromatic carbocycles. The minimum atomic E-state index is 0.404. The summed E-state index contributed by atoms with van der Waals surface area (Å²) < 4.78 is 0. The van der Waals surface area contributed by atoms with Crippen LogP contribution in [0.5, 0.6) is 0 Å². The van der Waals surface area contributed by atoms with E-state index in [0.717, 1.165) is 12.2 Å².